The summed E-state index contributed by atoms with van der Waals surface area (Å²) < 4.78 is 5.31. The maximum Gasteiger partial charge on any atom is 0.410 e. The molecule has 0 bridgehead atoms. The summed E-state index contributed by atoms with van der Waals surface area (Å²) in [5.41, 5.74) is 0.465. The Morgan fingerprint density at radius 2 is 2.11 bits per heavy atom. The molecule has 2 heterocycles. The van der Waals surface area contributed by atoms with Gasteiger partial charge in [-0.05, 0) is 38.8 Å². The highest BCUT2D eigenvalue weighted by Gasteiger charge is 2.27. The third kappa shape index (κ3) is 3.26. The molecule has 5 nitrogen and oxygen atoms in total. The number of ether oxygens (including phenoxy) is 1. The zero-order chi connectivity index (χ0) is 14.2. The van der Waals surface area contributed by atoms with Gasteiger partial charge in [0, 0.05) is 11.4 Å². The smallest absolute Gasteiger partial charge is 0.410 e. The van der Waals surface area contributed by atoms with Crippen molar-refractivity contribution < 1.29 is 19.4 Å². The highest BCUT2D eigenvalue weighted by atomic mass is 32.1. The molecule has 0 aromatic carbocycles. The van der Waals surface area contributed by atoms with Crippen molar-refractivity contribution in [3.8, 4) is 0 Å². The Morgan fingerprint density at radius 3 is 2.68 bits per heavy atom. The second-order valence-corrected chi connectivity index (χ2v) is 6.64. The normalized spacial score (nSPS) is 15.0. The number of hydrogen-bond donors (Lipinski definition) is 0. The summed E-state index contributed by atoms with van der Waals surface area (Å²) in [7, 11) is 0. The van der Waals surface area contributed by atoms with Crippen molar-refractivity contribution in [1.29, 1.82) is 0 Å². The third-order valence-corrected chi connectivity index (χ3v) is 3.88. The average Bonchev–Trinajstić information content (AvgIpc) is 2.69. The predicted octanol–water partition coefficient (Wildman–Crippen LogP) is 1.40. The average molecular weight is 282 g/mol. The summed E-state index contributed by atoms with van der Waals surface area (Å²) in [5, 5.41) is 10.8. The molecular weight excluding hydrogens is 266 g/mol. The van der Waals surface area contributed by atoms with E-state index >= 15 is 0 Å². The number of aromatic carboxylic acids is 1. The Bertz CT molecular complexity index is 515. The lowest BCUT2D eigenvalue weighted by molar-refractivity contribution is -0.254. The van der Waals surface area contributed by atoms with Crippen LogP contribution in [0.15, 0.2) is 6.07 Å². The first-order valence-corrected chi connectivity index (χ1v) is 6.89. The highest BCUT2D eigenvalue weighted by Crippen LogP contribution is 2.28. The van der Waals surface area contributed by atoms with Crippen molar-refractivity contribution in [3.63, 3.8) is 0 Å². The van der Waals surface area contributed by atoms with Crippen LogP contribution in [0.1, 0.15) is 40.9 Å². The topological polar surface area (TPSA) is 69.7 Å². The quantitative estimate of drug-likeness (QED) is 0.781. The Balaban J connectivity index is 2.09. The van der Waals surface area contributed by atoms with E-state index in [0.29, 0.717) is 19.5 Å². The minimum atomic E-state index is -1.16. The van der Waals surface area contributed by atoms with E-state index < -0.39 is 11.6 Å². The van der Waals surface area contributed by atoms with Crippen LogP contribution in [0.25, 0.3) is 0 Å². The summed E-state index contributed by atoms with van der Waals surface area (Å²) >= 11 is 1.17. The summed E-state index contributed by atoms with van der Waals surface area (Å²) in [6.45, 7) is 6.41. The van der Waals surface area contributed by atoms with Gasteiger partial charge in [0.2, 0.25) is 0 Å². The standard InChI is InChI=1S/C13H17NO4S/c1-13(2,3)18-12(17)14-5-4-8-6-9(11(15)16)19-10(8)7-14/h6H,4-5,7H2,1-3H3,(H,15,16)/p-1. The van der Waals surface area contributed by atoms with E-state index in [9.17, 15) is 14.7 Å². The molecule has 2 rings (SSSR count). The third-order valence-electron chi connectivity index (χ3n) is 2.74. The Hall–Kier alpha value is -1.56. The molecule has 1 aromatic rings. The molecule has 0 radical (unpaired) electrons. The molecule has 0 saturated carbocycles. The Kier molecular flexibility index (Phi) is 3.54. The number of carboxylic acids is 1. The minimum absolute atomic E-state index is 0.219. The first-order chi connectivity index (χ1) is 8.76. The van der Waals surface area contributed by atoms with Crippen molar-refractivity contribution in [1.82, 2.24) is 4.90 Å². The van der Waals surface area contributed by atoms with Crippen molar-refractivity contribution in [2.24, 2.45) is 0 Å². The van der Waals surface area contributed by atoms with Crippen LogP contribution in [0.2, 0.25) is 0 Å². The lowest BCUT2D eigenvalue weighted by Gasteiger charge is -2.29. The SMILES string of the molecule is CC(C)(C)OC(=O)N1CCc2cc(C(=O)[O-])sc2C1. The van der Waals surface area contributed by atoms with Gasteiger partial charge >= 0.3 is 6.09 Å². The molecule has 19 heavy (non-hydrogen) atoms. The summed E-state index contributed by atoms with van der Waals surface area (Å²) in [5.74, 6) is -1.16. The number of carbonyl (C=O) groups excluding carboxylic acids is 2. The van der Waals surface area contributed by atoms with Gasteiger partial charge in [-0.2, -0.15) is 0 Å². The molecule has 1 aliphatic rings. The molecule has 0 spiro atoms. The number of fused-ring (bicyclic) bond motifs is 1. The fourth-order valence-electron chi connectivity index (χ4n) is 1.90. The first-order valence-electron chi connectivity index (χ1n) is 6.07. The largest absolute Gasteiger partial charge is 0.544 e. The monoisotopic (exact) mass is 282 g/mol. The zero-order valence-electron chi connectivity index (χ0n) is 11.2. The molecule has 0 fully saturated rings. The number of thiophene rings is 1. The van der Waals surface area contributed by atoms with Crippen LogP contribution in [0.3, 0.4) is 0 Å². The summed E-state index contributed by atoms with van der Waals surface area (Å²) in [6.07, 6.45) is 0.291. The minimum Gasteiger partial charge on any atom is -0.544 e. The van der Waals surface area contributed by atoms with Gasteiger partial charge in [-0.15, -0.1) is 11.3 Å². The second-order valence-electron chi connectivity index (χ2n) is 5.50. The molecule has 104 valence electrons. The number of amides is 1. The van der Waals surface area contributed by atoms with Crippen LogP contribution in [0.5, 0.6) is 0 Å². The maximum absolute atomic E-state index is 11.9. The van der Waals surface area contributed by atoms with Gasteiger partial charge in [-0.3, -0.25) is 0 Å². The van der Waals surface area contributed by atoms with Gasteiger partial charge in [0.1, 0.15) is 5.60 Å². The van der Waals surface area contributed by atoms with Gasteiger partial charge in [0.25, 0.3) is 0 Å². The van der Waals surface area contributed by atoms with Crippen molar-refractivity contribution in [2.75, 3.05) is 6.54 Å². The van der Waals surface area contributed by atoms with Gasteiger partial charge in [0.05, 0.1) is 17.4 Å². The molecule has 1 aromatic heterocycles. The van der Waals surface area contributed by atoms with E-state index in [1.165, 1.54) is 11.3 Å². The molecule has 0 saturated heterocycles. The van der Waals surface area contributed by atoms with Crippen LogP contribution >= 0.6 is 11.3 Å². The van der Waals surface area contributed by atoms with Crippen molar-refractivity contribution in [2.45, 2.75) is 39.3 Å². The molecule has 0 aliphatic carbocycles. The van der Waals surface area contributed by atoms with E-state index in [2.05, 4.69) is 0 Å². The van der Waals surface area contributed by atoms with E-state index in [4.69, 9.17) is 4.74 Å². The van der Waals surface area contributed by atoms with Crippen LogP contribution in [-0.2, 0) is 17.7 Å². The second kappa shape index (κ2) is 4.85. The van der Waals surface area contributed by atoms with Gasteiger partial charge in [-0.25, -0.2) is 4.79 Å². The molecule has 0 N–H and O–H groups in total. The zero-order valence-corrected chi connectivity index (χ0v) is 12.0. The molecule has 6 heteroatoms. The number of rotatable bonds is 1. The molecule has 1 amide bonds. The van der Waals surface area contributed by atoms with Crippen LogP contribution < -0.4 is 5.11 Å². The van der Waals surface area contributed by atoms with E-state index in [-0.39, 0.29) is 11.0 Å². The van der Waals surface area contributed by atoms with Crippen molar-refractivity contribution >= 4 is 23.4 Å². The molecule has 1 aliphatic heterocycles. The number of hydrogen-bond acceptors (Lipinski definition) is 5. The molecule has 0 atom stereocenters. The number of nitrogens with zero attached hydrogens (tertiary/aromatic N) is 1. The maximum atomic E-state index is 11.9. The van der Waals surface area contributed by atoms with Gasteiger partial charge < -0.3 is 19.5 Å². The lowest BCUT2D eigenvalue weighted by Crippen LogP contribution is -2.39. The van der Waals surface area contributed by atoms with Crippen molar-refractivity contribution in [3.05, 3.63) is 21.4 Å². The first kappa shape index (κ1) is 13.9. The van der Waals surface area contributed by atoms with E-state index in [1.54, 1.807) is 11.0 Å². The fraction of sp³-hybridized carbons (Fsp3) is 0.538. The van der Waals surface area contributed by atoms with Crippen LogP contribution in [0.4, 0.5) is 4.79 Å². The lowest BCUT2D eigenvalue weighted by atomic mass is 10.1. The van der Waals surface area contributed by atoms with Crippen LogP contribution in [0, 0.1) is 0 Å². The molecular formula is C13H16NO4S-. The Morgan fingerprint density at radius 1 is 1.42 bits per heavy atom. The highest BCUT2D eigenvalue weighted by molar-refractivity contribution is 7.14. The van der Waals surface area contributed by atoms with E-state index in [1.807, 2.05) is 20.8 Å². The van der Waals surface area contributed by atoms with Crippen LogP contribution in [-0.4, -0.2) is 29.1 Å². The predicted molar refractivity (Wildman–Crippen MR) is 69.0 cm³/mol. The number of carboxylic acid groups (broad SMARTS) is 1. The molecule has 0 unspecified atom stereocenters. The fourth-order valence-corrected chi connectivity index (χ4v) is 2.97. The van der Waals surface area contributed by atoms with Gasteiger partial charge in [-0.1, -0.05) is 0 Å². The number of carbonyl (C=O) groups is 2. The summed E-state index contributed by atoms with van der Waals surface area (Å²) in [6, 6.07) is 1.64. The van der Waals surface area contributed by atoms with E-state index in [0.717, 1.165) is 10.4 Å². The summed E-state index contributed by atoms with van der Waals surface area (Å²) in [4.78, 5) is 25.5. The van der Waals surface area contributed by atoms with Gasteiger partial charge in [0.15, 0.2) is 0 Å². The Labute approximate surface area is 115 Å².